The summed E-state index contributed by atoms with van der Waals surface area (Å²) in [6.07, 6.45) is 1.71. The summed E-state index contributed by atoms with van der Waals surface area (Å²) in [5, 5.41) is 10.7. The maximum absolute atomic E-state index is 12.6. The van der Waals surface area contributed by atoms with Crippen LogP contribution in [0.25, 0.3) is 10.9 Å². The second-order valence-electron chi connectivity index (χ2n) is 6.47. The lowest BCUT2D eigenvalue weighted by Crippen LogP contribution is -2.27. The van der Waals surface area contributed by atoms with Gasteiger partial charge >= 0.3 is 0 Å². The Morgan fingerprint density at radius 1 is 1.37 bits per heavy atom. The number of pyridine rings is 1. The van der Waals surface area contributed by atoms with Crippen molar-refractivity contribution in [3.8, 4) is 11.8 Å². The molecule has 0 spiro atoms. The molecule has 0 saturated heterocycles. The van der Waals surface area contributed by atoms with Crippen LogP contribution in [0, 0.1) is 11.3 Å². The number of carbonyl (C=O) groups excluding carboxylic acids is 1. The number of ketones is 1. The van der Waals surface area contributed by atoms with E-state index in [0.717, 1.165) is 5.39 Å². The summed E-state index contributed by atoms with van der Waals surface area (Å²) in [6, 6.07) is 9.38. The van der Waals surface area contributed by atoms with E-state index in [1.54, 1.807) is 13.2 Å². The first kappa shape index (κ1) is 17.4. The first-order chi connectivity index (χ1) is 13.0. The Morgan fingerprint density at radius 3 is 2.93 bits per heavy atom. The molecule has 6 nitrogen and oxygen atoms in total. The highest BCUT2D eigenvalue weighted by molar-refractivity contribution is 6.31. The van der Waals surface area contributed by atoms with Gasteiger partial charge in [-0.05, 0) is 24.6 Å². The number of hydrogen-bond donors (Lipinski definition) is 1. The van der Waals surface area contributed by atoms with Gasteiger partial charge in [-0.3, -0.25) is 4.79 Å². The highest BCUT2D eigenvalue weighted by Gasteiger charge is 2.39. The molecule has 1 aliphatic carbocycles. The Morgan fingerprint density at radius 2 is 2.19 bits per heavy atom. The van der Waals surface area contributed by atoms with E-state index in [9.17, 15) is 10.1 Å². The Hall–Kier alpha value is -3.04. The summed E-state index contributed by atoms with van der Waals surface area (Å²) < 4.78 is 10.8. The molecular weight excluding hydrogens is 366 g/mol. The summed E-state index contributed by atoms with van der Waals surface area (Å²) in [5.74, 6) is 0.491. The van der Waals surface area contributed by atoms with Crippen molar-refractivity contribution >= 4 is 28.3 Å². The molecule has 2 aromatic rings. The van der Waals surface area contributed by atoms with Gasteiger partial charge in [0.25, 0.3) is 0 Å². The number of rotatable bonds is 2. The standard InChI is InChI=1S/C20H16ClN3O3/c1-26-11-6-5-10-7-12(19(21)24-14(10)8-11)17-13(9-22)20(23)27-16-4-2-3-15(25)18(16)17/h5-8,17H,2-4,23H2,1H3. The van der Waals surface area contributed by atoms with Crippen LogP contribution in [-0.4, -0.2) is 17.9 Å². The van der Waals surface area contributed by atoms with Gasteiger partial charge in [-0.2, -0.15) is 5.26 Å². The van der Waals surface area contributed by atoms with E-state index in [4.69, 9.17) is 26.8 Å². The van der Waals surface area contributed by atoms with Crippen molar-refractivity contribution in [1.82, 2.24) is 4.98 Å². The number of fused-ring (bicyclic) bond motifs is 1. The zero-order valence-corrected chi connectivity index (χ0v) is 15.3. The Bertz CT molecular complexity index is 1080. The Kier molecular flexibility index (Phi) is 4.25. The molecule has 4 rings (SSSR count). The van der Waals surface area contributed by atoms with E-state index in [2.05, 4.69) is 11.1 Å². The number of carbonyl (C=O) groups is 1. The second-order valence-corrected chi connectivity index (χ2v) is 6.82. The van der Waals surface area contributed by atoms with Crippen LogP contribution in [0.2, 0.25) is 5.15 Å². The molecule has 1 aromatic carbocycles. The van der Waals surface area contributed by atoms with Crippen molar-refractivity contribution in [2.75, 3.05) is 7.11 Å². The first-order valence-electron chi connectivity index (χ1n) is 8.51. The molecule has 0 amide bonds. The van der Waals surface area contributed by atoms with Crippen molar-refractivity contribution in [2.24, 2.45) is 5.73 Å². The van der Waals surface area contributed by atoms with Crippen molar-refractivity contribution < 1.29 is 14.3 Å². The minimum atomic E-state index is -0.668. The van der Waals surface area contributed by atoms with E-state index in [-0.39, 0.29) is 22.4 Å². The minimum Gasteiger partial charge on any atom is -0.497 e. The first-order valence-corrected chi connectivity index (χ1v) is 8.89. The van der Waals surface area contributed by atoms with Gasteiger partial charge in [0.15, 0.2) is 5.78 Å². The topological polar surface area (TPSA) is 98.2 Å². The number of ether oxygens (including phenoxy) is 2. The quantitative estimate of drug-likeness (QED) is 0.796. The number of benzene rings is 1. The molecule has 1 aromatic heterocycles. The fourth-order valence-electron chi connectivity index (χ4n) is 3.64. The molecule has 1 aliphatic heterocycles. The van der Waals surface area contributed by atoms with Crippen LogP contribution in [0.5, 0.6) is 5.75 Å². The predicted octanol–water partition coefficient (Wildman–Crippen LogP) is 3.71. The van der Waals surface area contributed by atoms with Gasteiger partial charge in [0.2, 0.25) is 5.88 Å². The van der Waals surface area contributed by atoms with Crippen molar-refractivity contribution in [3.63, 3.8) is 0 Å². The third kappa shape index (κ3) is 2.81. The van der Waals surface area contributed by atoms with E-state index in [0.29, 0.717) is 47.4 Å². The van der Waals surface area contributed by atoms with Crippen LogP contribution in [-0.2, 0) is 9.53 Å². The molecular formula is C20H16ClN3O3. The lowest BCUT2D eigenvalue weighted by Gasteiger charge is -2.31. The lowest BCUT2D eigenvalue weighted by molar-refractivity contribution is -0.116. The molecule has 2 N–H and O–H groups in total. The molecule has 136 valence electrons. The third-order valence-corrected chi connectivity index (χ3v) is 5.22. The van der Waals surface area contributed by atoms with Gasteiger partial charge < -0.3 is 15.2 Å². The van der Waals surface area contributed by atoms with Crippen LogP contribution >= 0.6 is 11.6 Å². The number of halogens is 1. The largest absolute Gasteiger partial charge is 0.497 e. The van der Waals surface area contributed by atoms with Crippen LogP contribution in [0.1, 0.15) is 30.7 Å². The summed E-state index contributed by atoms with van der Waals surface area (Å²) >= 11 is 6.48. The van der Waals surface area contributed by atoms with Crippen LogP contribution in [0.15, 0.2) is 47.1 Å². The predicted molar refractivity (Wildman–Crippen MR) is 99.8 cm³/mol. The zero-order chi connectivity index (χ0) is 19.1. The minimum absolute atomic E-state index is 0.0156. The lowest BCUT2D eigenvalue weighted by atomic mass is 9.78. The van der Waals surface area contributed by atoms with Gasteiger partial charge in [0.05, 0.1) is 18.5 Å². The number of nitriles is 1. The van der Waals surface area contributed by atoms with Crippen molar-refractivity contribution in [1.29, 1.82) is 5.26 Å². The van der Waals surface area contributed by atoms with Gasteiger partial charge in [-0.1, -0.05) is 11.6 Å². The van der Waals surface area contributed by atoms with E-state index >= 15 is 0 Å². The highest BCUT2D eigenvalue weighted by atomic mass is 35.5. The smallest absolute Gasteiger partial charge is 0.205 e. The van der Waals surface area contributed by atoms with E-state index in [1.165, 1.54) is 0 Å². The Labute approximate surface area is 160 Å². The van der Waals surface area contributed by atoms with E-state index < -0.39 is 5.92 Å². The molecule has 7 heteroatoms. The Balaban J connectivity index is 1.94. The summed E-state index contributed by atoms with van der Waals surface area (Å²) in [6.45, 7) is 0. The molecule has 1 atom stereocenters. The normalized spacial score (nSPS) is 19.6. The average Bonchev–Trinajstić information content (AvgIpc) is 2.66. The number of nitrogens with two attached hydrogens (primary N) is 1. The molecule has 0 saturated carbocycles. The third-order valence-electron chi connectivity index (χ3n) is 4.92. The van der Waals surface area contributed by atoms with Crippen molar-refractivity contribution in [3.05, 3.63) is 57.8 Å². The SMILES string of the molecule is COc1ccc2cc(C3C(C#N)=C(N)OC4=C3C(=O)CCC4)c(Cl)nc2c1. The van der Waals surface area contributed by atoms with Gasteiger partial charge in [-0.15, -0.1) is 0 Å². The summed E-state index contributed by atoms with van der Waals surface area (Å²) in [5.41, 5.74) is 7.85. The molecule has 2 heterocycles. The fraction of sp³-hybridized carbons (Fsp3) is 0.250. The summed E-state index contributed by atoms with van der Waals surface area (Å²) in [7, 11) is 1.58. The number of aromatic nitrogens is 1. The average molecular weight is 382 g/mol. The maximum Gasteiger partial charge on any atom is 0.205 e. The summed E-state index contributed by atoms with van der Waals surface area (Å²) in [4.78, 5) is 17.1. The highest BCUT2D eigenvalue weighted by Crippen LogP contribution is 2.45. The molecule has 1 unspecified atom stereocenters. The number of nitrogens with zero attached hydrogens (tertiary/aromatic N) is 2. The molecule has 0 fully saturated rings. The molecule has 0 radical (unpaired) electrons. The van der Waals surface area contributed by atoms with Crippen LogP contribution < -0.4 is 10.5 Å². The number of allylic oxidation sites excluding steroid dienone is 3. The number of hydrogen-bond acceptors (Lipinski definition) is 6. The molecule has 2 aliphatic rings. The fourth-order valence-corrected chi connectivity index (χ4v) is 3.89. The maximum atomic E-state index is 12.6. The zero-order valence-electron chi connectivity index (χ0n) is 14.6. The van der Waals surface area contributed by atoms with Gasteiger partial charge in [0.1, 0.15) is 28.3 Å². The van der Waals surface area contributed by atoms with Crippen molar-refractivity contribution in [2.45, 2.75) is 25.2 Å². The van der Waals surface area contributed by atoms with Crippen LogP contribution in [0.4, 0.5) is 0 Å². The number of methoxy groups -OCH3 is 1. The van der Waals surface area contributed by atoms with Gasteiger partial charge in [-0.25, -0.2) is 4.98 Å². The van der Waals surface area contributed by atoms with Crippen LogP contribution in [0.3, 0.4) is 0 Å². The number of Topliss-reactive ketones (excluding diaryl/α,β-unsaturated/α-hetero) is 1. The molecule has 27 heavy (non-hydrogen) atoms. The second kappa shape index (κ2) is 6.60. The van der Waals surface area contributed by atoms with E-state index in [1.807, 2.05) is 18.2 Å². The van der Waals surface area contributed by atoms with Gasteiger partial charge in [0, 0.05) is 35.4 Å². The monoisotopic (exact) mass is 381 g/mol. The molecule has 0 bridgehead atoms.